The fraction of sp³-hybridized carbons (Fsp3) is 0.400. The van der Waals surface area contributed by atoms with Crippen LogP contribution in [0.2, 0.25) is 0 Å². The molecule has 3 rings (SSSR count). The van der Waals surface area contributed by atoms with Gasteiger partial charge in [0.1, 0.15) is 17.6 Å². The molecule has 0 saturated carbocycles. The molecule has 7 nitrogen and oxygen atoms in total. The zero-order chi connectivity index (χ0) is 22.9. The Balaban J connectivity index is 1.78. The number of ketones is 1. The van der Waals surface area contributed by atoms with Crippen LogP contribution in [0, 0.1) is 23.1 Å². The summed E-state index contributed by atoms with van der Waals surface area (Å²) in [6.45, 7) is 2.93. The number of imidazole rings is 1. The number of hydrogen-bond acceptors (Lipinski definition) is 4. The molecule has 1 aromatic heterocycles. The zero-order valence-corrected chi connectivity index (χ0v) is 16.7. The number of alkyl halides is 3. The second-order valence-corrected chi connectivity index (χ2v) is 7.48. The highest BCUT2D eigenvalue weighted by molar-refractivity contribution is 5.96. The lowest BCUT2D eigenvalue weighted by Crippen LogP contribution is -2.42. The molecule has 0 spiro atoms. The second kappa shape index (κ2) is 8.37. The molecule has 1 aliphatic heterocycles. The summed E-state index contributed by atoms with van der Waals surface area (Å²) >= 11 is 0. The Bertz CT molecular complexity index is 1060. The van der Waals surface area contributed by atoms with Crippen LogP contribution in [0.15, 0.2) is 24.5 Å². The largest absolute Gasteiger partial charge is 0.391 e. The first kappa shape index (κ1) is 22.3. The molecule has 164 valence electrons. The molecule has 2 amide bonds. The van der Waals surface area contributed by atoms with Gasteiger partial charge in [-0.2, -0.15) is 18.4 Å². The molecule has 1 aliphatic rings. The topological polar surface area (TPSA) is 91.0 Å². The molecular formula is C20H19F4N5O2. The summed E-state index contributed by atoms with van der Waals surface area (Å²) in [5, 5.41) is 11.5. The Hall–Kier alpha value is -3.42. The number of nitriles is 1. The van der Waals surface area contributed by atoms with E-state index in [0.717, 1.165) is 13.0 Å². The molecular weight excluding hydrogens is 418 g/mol. The van der Waals surface area contributed by atoms with Gasteiger partial charge in [0.05, 0.1) is 30.0 Å². The molecule has 0 saturated heterocycles. The minimum absolute atomic E-state index is 0.0378. The molecule has 1 N–H and O–H groups in total. The quantitative estimate of drug-likeness (QED) is 0.571. The monoisotopic (exact) mass is 437 g/mol. The van der Waals surface area contributed by atoms with Crippen LogP contribution in [0.25, 0.3) is 0 Å². The van der Waals surface area contributed by atoms with E-state index in [1.807, 2.05) is 0 Å². The maximum Gasteiger partial charge on any atom is 0.391 e. The number of amides is 2. The summed E-state index contributed by atoms with van der Waals surface area (Å²) < 4.78 is 53.6. The van der Waals surface area contributed by atoms with E-state index in [0.29, 0.717) is 5.69 Å². The van der Waals surface area contributed by atoms with Gasteiger partial charge in [-0.3, -0.25) is 4.79 Å². The van der Waals surface area contributed by atoms with Crippen LogP contribution in [-0.4, -0.2) is 39.0 Å². The lowest BCUT2D eigenvalue weighted by Gasteiger charge is -2.33. The molecule has 0 bridgehead atoms. The molecule has 0 fully saturated rings. The molecule has 2 atom stereocenters. The maximum atomic E-state index is 13.5. The van der Waals surface area contributed by atoms with E-state index in [1.165, 1.54) is 23.4 Å². The third kappa shape index (κ3) is 4.68. The summed E-state index contributed by atoms with van der Waals surface area (Å²) in [5.74, 6) is -3.27. The molecule has 1 aromatic carbocycles. The van der Waals surface area contributed by atoms with Crippen LogP contribution in [0.3, 0.4) is 0 Å². The van der Waals surface area contributed by atoms with Crippen LogP contribution >= 0.6 is 0 Å². The number of aromatic nitrogens is 2. The Kier molecular flexibility index (Phi) is 6.01. The fourth-order valence-electron chi connectivity index (χ4n) is 3.34. The van der Waals surface area contributed by atoms with Crippen LogP contribution in [-0.2, 0) is 6.54 Å². The van der Waals surface area contributed by atoms with E-state index in [9.17, 15) is 27.2 Å². The summed E-state index contributed by atoms with van der Waals surface area (Å²) in [4.78, 5) is 30.5. The lowest BCUT2D eigenvalue weighted by atomic mass is 10.0. The third-order valence-corrected chi connectivity index (χ3v) is 5.14. The van der Waals surface area contributed by atoms with Gasteiger partial charge in [-0.1, -0.05) is 6.92 Å². The molecule has 11 heteroatoms. The molecule has 0 radical (unpaired) electrons. The minimum Gasteiger partial charge on any atom is -0.328 e. The van der Waals surface area contributed by atoms with Crippen LogP contribution in [0.5, 0.6) is 0 Å². The number of halogens is 4. The highest BCUT2D eigenvalue weighted by atomic mass is 19.4. The van der Waals surface area contributed by atoms with Gasteiger partial charge in [0.25, 0.3) is 0 Å². The van der Waals surface area contributed by atoms with Gasteiger partial charge in [-0.25, -0.2) is 14.2 Å². The van der Waals surface area contributed by atoms with Crippen LogP contribution in [0.4, 0.5) is 28.0 Å². The molecule has 0 unspecified atom stereocenters. The van der Waals surface area contributed by atoms with Gasteiger partial charge >= 0.3 is 12.2 Å². The lowest BCUT2D eigenvalue weighted by molar-refractivity contribution is -0.168. The molecule has 2 aromatic rings. The van der Waals surface area contributed by atoms with Crippen molar-refractivity contribution in [1.29, 1.82) is 5.26 Å². The van der Waals surface area contributed by atoms with Crippen molar-refractivity contribution >= 4 is 17.5 Å². The van der Waals surface area contributed by atoms with Gasteiger partial charge < -0.3 is 14.8 Å². The van der Waals surface area contributed by atoms with Crippen LogP contribution in [0.1, 0.15) is 48.1 Å². The fourth-order valence-corrected chi connectivity index (χ4v) is 3.34. The van der Waals surface area contributed by atoms with E-state index < -0.39 is 36.1 Å². The molecule has 31 heavy (non-hydrogen) atoms. The van der Waals surface area contributed by atoms with Gasteiger partial charge in [-0.05, 0) is 25.1 Å². The average Bonchev–Trinajstić information content (AvgIpc) is 3.13. The van der Waals surface area contributed by atoms with Crippen molar-refractivity contribution in [2.75, 3.05) is 11.9 Å². The average molecular weight is 437 g/mol. The Morgan fingerprint density at radius 2 is 2.10 bits per heavy atom. The Morgan fingerprint density at radius 3 is 2.74 bits per heavy atom. The highest BCUT2D eigenvalue weighted by Crippen LogP contribution is 2.31. The van der Waals surface area contributed by atoms with E-state index in [1.54, 1.807) is 17.6 Å². The third-order valence-electron chi connectivity index (χ3n) is 5.14. The van der Waals surface area contributed by atoms with Crippen LogP contribution < -0.4 is 5.32 Å². The van der Waals surface area contributed by atoms with Crippen molar-refractivity contribution in [1.82, 2.24) is 14.5 Å². The minimum atomic E-state index is -4.49. The number of Topliss-reactive ketones (excluding diaryl/α,β-unsaturated/α-hetero) is 1. The molecule has 0 aliphatic carbocycles. The highest BCUT2D eigenvalue weighted by Gasteiger charge is 2.38. The zero-order valence-electron chi connectivity index (χ0n) is 16.7. The number of nitrogens with one attached hydrogen (secondary N) is 1. The van der Waals surface area contributed by atoms with E-state index in [-0.39, 0.29) is 36.1 Å². The van der Waals surface area contributed by atoms with Crippen molar-refractivity contribution < 1.29 is 27.2 Å². The number of benzene rings is 1. The number of anilines is 1. The van der Waals surface area contributed by atoms with Gasteiger partial charge in [0.15, 0.2) is 5.78 Å². The van der Waals surface area contributed by atoms with E-state index >= 15 is 0 Å². The standard InChI is InChI=1S/C20H19F4N5O2/c1-11(20(22,23)24)5-17(30)18-16-9-28(8-12(2)29(16)10-26-18)19(31)27-14-3-4-15(21)13(6-14)7-25/h3-4,6,10-12H,5,8-9H2,1-2H3,(H,27,31)/t11-,12-/m0/s1. The Morgan fingerprint density at radius 1 is 1.39 bits per heavy atom. The van der Waals surface area contributed by atoms with Crippen molar-refractivity contribution in [2.45, 2.75) is 39.0 Å². The normalized spacial score (nSPS) is 16.9. The number of rotatable bonds is 4. The smallest absolute Gasteiger partial charge is 0.328 e. The van der Waals surface area contributed by atoms with Crippen molar-refractivity contribution in [3.05, 3.63) is 47.3 Å². The van der Waals surface area contributed by atoms with Gasteiger partial charge in [-0.15, -0.1) is 0 Å². The summed E-state index contributed by atoms with van der Waals surface area (Å²) in [7, 11) is 0. The summed E-state index contributed by atoms with van der Waals surface area (Å²) in [5.41, 5.74) is 0.249. The maximum absolute atomic E-state index is 13.5. The number of carbonyl (C=O) groups excluding carboxylic acids is 2. The number of nitrogens with zero attached hydrogens (tertiary/aromatic N) is 4. The summed E-state index contributed by atoms with van der Waals surface area (Å²) in [6, 6.07) is 4.41. The Labute approximate surface area is 175 Å². The van der Waals surface area contributed by atoms with Crippen molar-refractivity contribution in [3.8, 4) is 6.07 Å². The number of carbonyl (C=O) groups is 2. The number of fused-ring (bicyclic) bond motifs is 1. The first-order chi connectivity index (χ1) is 14.5. The molecule has 2 heterocycles. The number of hydrogen-bond donors (Lipinski definition) is 1. The second-order valence-electron chi connectivity index (χ2n) is 7.48. The first-order valence-corrected chi connectivity index (χ1v) is 9.42. The van der Waals surface area contributed by atoms with Crippen molar-refractivity contribution in [2.24, 2.45) is 5.92 Å². The number of urea groups is 1. The predicted molar refractivity (Wildman–Crippen MR) is 102 cm³/mol. The van der Waals surface area contributed by atoms with Gasteiger partial charge in [0.2, 0.25) is 0 Å². The predicted octanol–water partition coefficient (Wildman–Crippen LogP) is 4.27. The van der Waals surface area contributed by atoms with Gasteiger partial charge in [0, 0.05) is 24.7 Å². The van der Waals surface area contributed by atoms with E-state index in [4.69, 9.17) is 5.26 Å². The SMILES string of the molecule is C[C@H]1CN(C(=O)Nc2ccc(F)c(C#N)c2)Cc2c(C(=O)C[C@H](C)C(F)(F)F)ncn21. The van der Waals surface area contributed by atoms with Crippen molar-refractivity contribution in [3.63, 3.8) is 0 Å². The summed E-state index contributed by atoms with van der Waals surface area (Å²) in [6.07, 6.45) is -3.84. The first-order valence-electron chi connectivity index (χ1n) is 9.42. The van der Waals surface area contributed by atoms with E-state index in [2.05, 4.69) is 10.3 Å².